The van der Waals surface area contributed by atoms with Crippen molar-refractivity contribution in [3.05, 3.63) is 91.9 Å². The number of aromatic amines is 1. The molecule has 0 amide bonds. The summed E-state index contributed by atoms with van der Waals surface area (Å²) in [6.07, 6.45) is -0.296. The number of ether oxygens (including phenoxy) is 1. The maximum Gasteiger partial charge on any atom is 0.337 e. The molecule has 200 valence electrons. The number of allylic oxidation sites excluding steroid dienone is 1. The van der Waals surface area contributed by atoms with Gasteiger partial charge in [0.15, 0.2) is 5.16 Å². The minimum atomic E-state index is -0.623. The van der Waals surface area contributed by atoms with Gasteiger partial charge in [-0.1, -0.05) is 53.7 Å². The van der Waals surface area contributed by atoms with E-state index < -0.39 is 11.9 Å². The summed E-state index contributed by atoms with van der Waals surface area (Å²) >= 11 is 7.70. The first kappa shape index (κ1) is 27.8. The van der Waals surface area contributed by atoms with E-state index >= 15 is 0 Å². The highest BCUT2D eigenvalue weighted by Crippen LogP contribution is 2.41. The summed E-state index contributed by atoms with van der Waals surface area (Å²) in [5.41, 5.74) is 3.97. The van der Waals surface area contributed by atoms with Crippen molar-refractivity contribution in [2.45, 2.75) is 57.5 Å². The fraction of sp³-hybridized carbons (Fsp3) is 0.345. The summed E-state index contributed by atoms with van der Waals surface area (Å²) in [5, 5.41) is 4.34. The fourth-order valence-corrected chi connectivity index (χ4v) is 5.76. The Labute approximate surface area is 232 Å². The van der Waals surface area contributed by atoms with Crippen LogP contribution in [0.15, 0.2) is 69.8 Å². The first-order chi connectivity index (χ1) is 18.2. The molecule has 2 heterocycles. The zero-order valence-electron chi connectivity index (χ0n) is 22.3. The van der Waals surface area contributed by atoms with Crippen LogP contribution in [-0.4, -0.2) is 35.1 Å². The average Bonchev–Trinajstić information content (AvgIpc) is 2.88. The van der Waals surface area contributed by atoms with Gasteiger partial charge in [0.1, 0.15) is 5.82 Å². The zero-order chi connectivity index (χ0) is 27.4. The molecular weight excluding hydrogens is 520 g/mol. The molecule has 38 heavy (non-hydrogen) atoms. The Morgan fingerprint density at radius 3 is 2.45 bits per heavy atom. The largest absolute Gasteiger partial charge is 0.460 e. The quantitative estimate of drug-likeness (QED) is 0.182. The van der Waals surface area contributed by atoms with Crippen molar-refractivity contribution in [2.24, 2.45) is 0 Å². The number of hydrogen-bond donors (Lipinski definition) is 2. The molecule has 1 aliphatic heterocycles. The van der Waals surface area contributed by atoms with E-state index in [0.29, 0.717) is 38.6 Å². The van der Waals surface area contributed by atoms with Crippen molar-refractivity contribution in [3.63, 3.8) is 0 Å². The van der Waals surface area contributed by atoms with Gasteiger partial charge in [-0.3, -0.25) is 4.79 Å². The predicted molar refractivity (Wildman–Crippen MR) is 155 cm³/mol. The zero-order valence-corrected chi connectivity index (χ0v) is 23.9. The summed E-state index contributed by atoms with van der Waals surface area (Å²) in [7, 11) is 0. The Bertz CT molecular complexity index is 1400. The summed E-state index contributed by atoms with van der Waals surface area (Å²) < 4.78 is 5.59. The molecule has 4 rings (SSSR count). The molecule has 7 nitrogen and oxygen atoms in total. The van der Waals surface area contributed by atoms with Gasteiger partial charge in [-0.15, -0.1) is 0 Å². The number of carbonyl (C=O) groups excluding carboxylic acids is 1. The summed E-state index contributed by atoms with van der Waals surface area (Å²) in [6.45, 7) is 11.4. The number of nitrogens with zero attached hydrogens (tertiary/aromatic N) is 2. The van der Waals surface area contributed by atoms with Crippen molar-refractivity contribution in [1.29, 1.82) is 0 Å². The number of esters is 1. The lowest BCUT2D eigenvalue weighted by Gasteiger charge is -2.30. The smallest absolute Gasteiger partial charge is 0.337 e. The van der Waals surface area contributed by atoms with Crippen molar-refractivity contribution in [1.82, 2.24) is 9.97 Å². The molecule has 2 N–H and O–H groups in total. The van der Waals surface area contributed by atoms with Gasteiger partial charge < -0.3 is 19.9 Å². The Hall–Kier alpha value is -3.23. The van der Waals surface area contributed by atoms with E-state index in [2.05, 4.69) is 29.0 Å². The van der Waals surface area contributed by atoms with E-state index in [4.69, 9.17) is 21.3 Å². The lowest BCUT2D eigenvalue weighted by atomic mass is 9.82. The number of anilines is 2. The SMILES string of the molecule is CCN(CC)c1ccc(C2C(C(=O)OC(C)C)=C(C)Nc3nc(SCc4ccccc4Cl)[nH]c(=O)c32)cc1. The van der Waals surface area contributed by atoms with Crippen molar-refractivity contribution < 1.29 is 9.53 Å². The van der Waals surface area contributed by atoms with Gasteiger partial charge in [-0.25, -0.2) is 9.78 Å². The molecular formula is C29H33ClN4O3S. The normalized spacial score (nSPS) is 14.8. The summed E-state index contributed by atoms with van der Waals surface area (Å²) in [5.74, 6) is -0.0858. The summed E-state index contributed by atoms with van der Waals surface area (Å²) in [6, 6.07) is 15.6. The molecule has 2 aromatic carbocycles. The van der Waals surface area contributed by atoms with Crippen LogP contribution in [-0.2, 0) is 15.3 Å². The molecule has 0 saturated heterocycles. The maximum absolute atomic E-state index is 13.6. The molecule has 0 fully saturated rings. The van der Waals surface area contributed by atoms with Crippen LogP contribution >= 0.6 is 23.4 Å². The number of halogens is 1. The topological polar surface area (TPSA) is 87.3 Å². The van der Waals surface area contributed by atoms with E-state index in [0.717, 1.165) is 29.9 Å². The van der Waals surface area contributed by atoms with Crippen LogP contribution < -0.4 is 15.8 Å². The average molecular weight is 553 g/mol. The summed E-state index contributed by atoms with van der Waals surface area (Å²) in [4.78, 5) is 36.7. The van der Waals surface area contributed by atoms with Gasteiger partial charge in [0, 0.05) is 35.2 Å². The van der Waals surface area contributed by atoms with E-state index in [1.807, 2.05) is 69.3 Å². The Morgan fingerprint density at radius 1 is 1.13 bits per heavy atom. The molecule has 1 atom stereocenters. The Morgan fingerprint density at radius 2 is 1.82 bits per heavy atom. The van der Waals surface area contributed by atoms with Crippen LogP contribution in [0.5, 0.6) is 0 Å². The maximum atomic E-state index is 13.6. The molecule has 9 heteroatoms. The number of H-pyrrole nitrogens is 1. The molecule has 0 radical (unpaired) electrons. The lowest BCUT2D eigenvalue weighted by molar-refractivity contribution is -0.143. The third kappa shape index (κ3) is 5.92. The highest BCUT2D eigenvalue weighted by atomic mass is 35.5. The molecule has 1 aliphatic rings. The molecule has 0 aliphatic carbocycles. The Balaban J connectivity index is 1.76. The molecule has 0 bridgehead atoms. The van der Waals surface area contributed by atoms with Crippen LogP contribution in [0.1, 0.15) is 57.2 Å². The van der Waals surface area contributed by atoms with Crippen molar-refractivity contribution in [3.8, 4) is 0 Å². The number of carbonyl (C=O) groups is 1. The second kappa shape index (κ2) is 12.1. The number of thioether (sulfide) groups is 1. The monoisotopic (exact) mass is 552 g/mol. The first-order valence-corrected chi connectivity index (χ1v) is 14.1. The fourth-order valence-electron chi connectivity index (χ4n) is 4.61. The number of benzene rings is 2. The molecule has 1 aromatic heterocycles. The van der Waals surface area contributed by atoms with E-state index in [-0.39, 0.29) is 11.7 Å². The second-order valence-corrected chi connectivity index (χ2v) is 10.7. The highest BCUT2D eigenvalue weighted by molar-refractivity contribution is 7.98. The van der Waals surface area contributed by atoms with Crippen molar-refractivity contribution >= 4 is 40.8 Å². The molecule has 1 unspecified atom stereocenters. The van der Waals surface area contributed by atoms with Crippen molar-refractivity contribution in [2.75, 3.05) is 23.3 Å². The number of aromatic nitrogens is 2. The minimum absolute atomic E-state index is 0.296. The number of fused-ring (bicyclic) bond motifs is 1. The van der Waals surface area contributed by atoms with Gasteiger partial charge in [-0.05, 0) is 63.9 Å². The van der Waals surface area contributed by atoms with E-state index in [9.17, 15) is 9.59 Å². The first-order valence-electron chi connectivity index (χ1n) is 12.8. The van der Waals surface area contributed by atoms with Crippen LogP contribution in [0, 0.1) is 0 Å². The number of hydrogen-bond acceptors (Lipinski definition) is 7. The van der Waals surface area contributed by atoms with Gasteiger partial charge in [0.2, 0.25) is 0 Å². The second-order valence-electron chi connectivity index (χ2n) is 9.33. The lowest BCUT2D eigenvalue weighted by Crippen LogP contribution is -2.32. The van der Waals surface area contributed by atoms with Gasteiger partial charge in [0.05, 0.1) is 23.2 Å². The minimum Gasteiger partial charge on any atom is -0.460 e. The van der Waals surface area contributed by atoms with E-state index in [1.54, 1.807) is 0 Å². The van der Waals surface area contributed by atoms with Gasteiger partial charge in [-0.2, -0.15) is 0 Å². The molecule has 0 saturated carbocycles. The molecule has 3 aromatic rings. The molecule has 0 spiro atoms. The third-order valence-electron chi connectivity index (χ3n) is 6.46. The van der Waals surface area contributed by atoms with Crippen LogP contribution in [0.3, 0.4) is 0 Å². The van der Waals surface area contributed by atoms with Crippen LogP contribution in [0.25, 0.3) is 0 Å². The number of nitrogens with one attached hydrogen (secondary N) is 2. The Kier molecular flexibility index (Phi) is 8.84. The third-order valence-corrected chi connectivity index (χ3v) is 7.75. The van der Waals surface area contributed by atoms with Crippen LogP contribution in [0.4, 0.5) is 11.5 Å². The van der Waals surface area contributed by atoms with Gasteiger partial charge >= 0.3 is 5.97 Å². The predicted octanol–water partition coefficient (Wildman–Crippen LogP) is 6.34. The number of rotatable bonds is 9. The van der Waals surface area contributed by atoms with Crippen LogP contribution in [0.2, 0.25) is 5.02 Å². The van der Waals surface area contributed by atoms with Gasteiger partial charge in [0.25, 0.3) is 5.56 Å². The van der Waals surface area contributed by atoms with E-state index in [1.165, 1.54) is 11.8 Å². The standard InChI is InChI=1S/C29H33ClN4O3S/c1-6-34(7-2)21-14-12-19(13-15-21)24-23(28(36)37-17(3)4)18(5)31-26-25(24)27(35)33-29(32-26)38-16-20-10-8-9-11-22(20)30/h8-15,17,24H,6-7,16H2,1-5H3,(H2,31,32,33,35). The highest BCUT2D eigenvalue weighted by Gasteiger charge is 2.36.